The van der Waals surface area contributed by atoms with Gasteiger partial charge in [-0.05, 0) is 5.92 Å². The standard InChI is InChI=1S/C11H18N8/c1-8(2)9-10(14-7-15-11(9)17-12)13-3-5-19-6-4-16-18-19/h4,6-8H,3,5,12H2,1-2H3,(H2,13,14,15,17). The molecule has 19 heavy (non-hydrogen) atoms. The van der Waals surface area contributed by atoms with Gasteiger partial charge in [0.15, 0.2) is 0 Å². The van der Waals surface area contributed by atoms with Gasteiger partial charge in [0.2, 0.25) is 0 Å². The molecule has 0 saturated carbocycles. The fraction of sp³-hybridized carbons (Fsp3) is 0.455. The first-order valence-corrected chi connectivity index (χ1v) is 6.12. The van der Waals surface area contributed by atoms with Crippen LogP contribution in [0.2, 0.25) is 0 Å². The molecule has 0 aliphatic heterocycles. The molecule has 0 aliphatic carbocycles. The Bertz CT molecular complexity index is 507. The van der Waals surface area contributed by atoms with Gasteiger partial charge in [0.25, 0.3) is 0 Å². The van der Waals surface area contributed by atoms with Crippen molar-refractivity contribution in [1.29, 1.82) is 0 Å². The molecular weight excluding hydrogens is 244 g/mol. The fourth-order valence-corrected chi connectivity index (χ4v) is 1.84. The average Bonchev–Trinajstić information content (AvgIpc) is 2.91. The summed E-state index contributed by atoms with van der Waals surface area (Å²) in [6.45, 7) is 5.56. The summed E-state index contributed by atoms with van der Waals surface area (Å²) in [7, 11) is 0. The highest BCUT2D eigenvalue weighted by Crippen LogP contribution is 2.27. The molecule has 0 fully saturated rings. The monoisotopic (exact) mass is 262 g/mol. The van der Waals surface area contributed by atoms with Gasteiger partial charge in [-0.25, -0.2) is 15.8 Å². The Kier molecular flexibility index (Phi) is 4.24. The highest BCUT2D eigenvalue weighted by atomic mass is 15.4. The number of nitrogens with two attached hydrogens (primary N) is 1. The van der Waals surface area contributed by atoms with Crippen LogP contribution >= 0.6 is 0 Å². The lowest BCUT2D eigenvalue weighted by atomic mass is 10.0. The predicted octanol–water partition coefficient (Wildman–Crippen LogP) is 0.589. The average molecular weight is 262 g/mol. The zero-order valence-corrected chi connectivity index (χ0v) is 11.0. The summed E-state index contributed by atoms with van der Waals surface area (Å²) in [5.41, 5.74) is 3.58. The number of aromatic nitrogens is 5. The van der Waals surface area contributed by atoms with Gasteiger partial charge in [-0.1, -0.05) is 19.1 Å². The third kappa shape index (κ3) is 3.16. The third-order valence-electron chi connectivity index (χ3n) is 2.70. The summed E-state index contributed by atoms with van der Waals surface area (Å²) in [6, 6.07) is 0. The maximum atomic E-state index is 5.47. The van der Waals surface area contributed by atoms with Gasteiger partial charge < -0.3 is 10.7 Å². The molecular formula is C11H18N8. The summed E-state index contributed by atoms with van der Waals surface area (Å²) in [5, 5.41) is 10.9. The minimum absolute atomic E-state index is 0.265. The van der Waals surface area contributed by atoms with Gasteiger partial charge in [0.05, 0.1) is 12.7 Å². The second kappa shape index (κ2) is 6.10. The molecule has 2 aromatic rings. The number of hydrogen-bond acceptors (Lipinski definition) is 7. The molecule has 8 heteroatoms. The molecule has 0 radical (unpaired) electrons. The minimum Gasteiger partial charge on any atom is -0.368 e. The number of nitrogens with one attached hydrogen (secondary N) is 2. The van der Waals surface area contributed by atoms with E-state index in [-0.39, 0.29) is 5.92 Å². The topological polar surface area (TPSA) is 107 Å². The van der Waals surface area contributed by atoms with E-state index in [1.165, 1.54) is 6.33 Å². The summed E-state index contributed by atoms with van der Waals surface area (Å²) < 4.78 is 1.76. The molecule has 0 amide bonds. The molecule has 0 unspecified atom stereocenters. The summed E-state index contributed by atoms with van der Waals surface area (Å²) in [6.07, 6.45) is 4.96. The Morgan fingerprint density at radius 2 is 2.11 bits per heavy atom. The van der Waals surface area contributed by atoms with Crippen LogP contribution in [0.1, 0.15) is 25.3 Å². The lowest BCUT2D eigenvalue weighted by Crippen LogP contribution is -2.17. The Morgan fingerprint density at radius 3 is 2.74 bits per heavy atom. The molecule has 0 bridgehead atoms. The molecule has 2 aromatic heterocycles. The first-order chi connectivity index (χ1) is 9.22. The summed E-state index contributed by atoms with van der Waals surface area (Å²) in [4.78, 5) is 8.39. The van der Waals surface area contributed by atoms with E-state index < -0.39 is 0 Å². The van der Waals surface area contributed by atoms with Gasteiger partial charge in [-0.2, -0.15) is 0 Å². The second-order valence-electron chi connectivity index (χ2n) is 4.38. The van der Waals surface area contributed by atoms with Crippen LogP contribution in [0.4, 0.5) is 11.6 Å². The van der Waals surface area contributed by atoms with Crippen molar-refractivity contribution in [3.8, 4) is 0 Å². The highest BCUT2D eigenvalue weighted by molar-refractivity contribution is 5.58. The maximum Gasteiger partial charge on any atom is 0.148 e. The molecule has 0 aromatic carbocycles. The van der Waals surface area contributed by atoms with Crippen LogP contribution in [-0.2, 0) is 6.54 Å². The first kappa shape index (κ1) is 13.2. The van der Waals surface area contributed by atoms with E-state index in [9.17, 15) is 0 Å². The number of nitrogens with zero attached hydrogens (tertiary/aromatic N) is 5. The van der Waals surface area contributed by atoms with Crippen molar-refractivity contribution in [2.24, 2.45) is 5.84 Å². The van der Waals surface area contributed by atoms with E-state index in [1.807, 2.05) is 6.20 Å². The molecule has 2 rings (SSSR count). The van der Waals surface area contributed by atoms with Gasteiger partial charge in [-0.3, -0.25) is 4.68 Å². The Balaban J connectivity index is 2.07. The molecule has 0 aliphatic rings. The van der Waals surface area contributed by atoms with Crippen LogP contribution in [0.5, 0.6) is 0 Å². The quantitative estimate of drug-likeness (QED) is 0.516. The van der Waals surface area contributed by atoms with E-state index in [0.717, 1.165) is 11.4 Å². The van der Waals surface area contributed by atoms with Crippen LogP contribution in [0, 0.1) is 0 Å². The minimum atomic E-state index is 0.265. The van der Waals surface area contributed by atoms with Crippen LogP contribution in [0.25, 0.3) is 0 Å². The van der Waals surface area contributed by atoms with E-state index >= 15 is 0 Å². The smallest absolute Gasteiger partial charge is 0.148 e. The van der Waals surface area contributed by atoms with Crippen LogP contribution in [0.15, 0.2) is 18.7 Å². The van der Waals surface area contributed by atoms with Crippen LogP contribution in [-0.4, -0.2) is 31.5 Å². The molecule has 2 heterocycles. The second-order valence-corrected chi connectivity index (χ2v) is 4.38. The predicted molar refractivity (Wildman–Crippen MR) is 72.4 cm³/mol. The molecule has 102 valence electrons. The van der Waals surface area contributed by atoms with Crippen molar-refractivity contribution in [1.82, 2.24) is 25.0 Å². The Morgan fingerprint density at radius 1 is 1.32 bits per heavy atom. The zero-order chi connectivity index (χ0) is 13.7. The molecule has 0 atom stereocenters. The fourth-order valence-electron chi connectivity index (χ4n) is 1.84. The molecule has 0 spiro atoms. The number of anilines is 2. The van der Waals surface area contributed by atoms with E-state index in [1.54, 1.807) is 10.9 Å². The normalized spacial score (nSPS) is 10.7. The van der Waals surface area contributed by atoms with Crippen molar-refractivity contribution >= 4 is 11.6 Å². The summed E-state index contributed by atoms with van der Waals surface area (Å²) in [5.74, 6) is 7.17. The van der Waals surface area contributed by atoms with Crippen molar-refractivity contribution in [2.75, 3.05) is 17.3 Å². The molecule has 0 saturated heterocycles. The maximum absolute atomic E-state index is 5.47. The number of hydrazine groups is 1. The highest BCUT2D eigenvalue weighted by Gasteiger charge is 2.13. The lowest BCUT2D eigenvalue weighted by Gasteiger charge is -2.16. The van der Waals surface area contributed by atoms with Gasteiger partial charge in [-0.15, -0.1) is 5.10 Å². The van der Waals surface area contributed by atoms with Crippen molar-refractivity contribution < 1.29 is 0 Å². The zero-order valence-electron chi connectivity index (χ0n) is 11.0. The molecule has 8 nitrogen and oxygen atoms in total. The summed E-state index contributed by atoms with van der Waals surface area (Å²) >= 11 is 0. The van der Waals surface area contributed by atoms with Crippen LogP contribution in [0.3, 0.4) is 0 Å². The van der Waals surface area contributed by atoms with Gasteiger partial charge >= 0.3 is 0 Å². The van der Waals surface area contributed by atoms with E-state index in [0.29, 0.717) is 18.9 Å². The van der Waals surface area contributed by atoms with Crippen LogP contribution < -0.4 is 16.6 Å². The van der Waals surface area contributed by atoms with Gasteiger partial charge in [0.1, 0.15) is 18.0 Å². The first-order valence-electron chi connectivity index (χ1n) is 6.12. The van der Waals surface area contributed by atoms with E-state index in [4.69, 9.17) is 5.84 Å². The van der Waals surface area contributed by atoms with Gasteiger partial charge in [0, 0.05) is 18.3 Å². The lowest BCUT2D eigenvalue weighted by molar-refractivity contribution is 0.607. The third-order valence-corrected chi connectivity index (χ3v) is 2.70. The largest absolute Gasteiger partial charge is 0.368 e. The molecule has 4 N–H and O–H groups in total. The van der Waals surface area contributed by atoms with E-state index in [2.05, 4.69) is 44.9 Å². The van der Waals surface area contributed by atoms with Crippen molar-refractivity contribution in [3.63, 3.8) is 0 Å². The Labute approximate surface area is 111 Å². The number of nitrogen functional groups attached to an aromatic ring is 1. The van der Waals surface area contributed by atoms with Crippen molar-refractivity contribution in [3.05, 3.63) is 24.3 Å². The number of rotatable bonds is 6. The number of hydrogen-bond donors (Lipinski definition) is 3. The SMILES string of the molecule is CC(C)c1c(NN)ncnc1NCCn1ccnn1. The Hall–Kier alpha value is -2.22. The van der Waals surface area contributed by atoms with Crippen molar-refractivity contribution in [2.45, 2.75) is 26.3 Å².